The number of nitrogens with one attached hydrogen (secondary N) is 3. The minimum absolute atomic E-state index is 0.264. The van der Waals surface area contributed by atoms with E-state index in [1.165, 1.54) is 4.31 Å². The highest BCUT2D eigenvalue weighted by molar-refractivity contribution is 7.89. The fourth-order valence-electron chi connectivity index (χ4n) is 4.31. The largest absolute Gasteiger partial charge is 0.379 e. The van der Waals surface area contributed by atoms with Gasteiger partial charge in [-0.3, -0.25) is 0 Å². The molecule has 0 atom stereocenters. The van der Waals surface area contributed by atoms with Crippen molar-refractivity contribution in [3.05, 3.63) is 54.2 Å². The highest BCUT2D eigenvalue weighted by Crippen LogP contribution is 2.29. The lowest BCUT2D eigenvalue weighted by atomic mass is 10.1. The van der Waals surface area contributed by atoms with Crippen molar-refractivity contribution in [1.29, 1.82) is 0 Å². The van der Waals surface area contributed by atoms with E-state index in [1.807, 2.05) is 18.2 Å². The molecule has 2 aliphatic rings. The SMILES string of the molecule is C#Cc1cc(-c2ccnc(Nc3ccc(S(=O)(=O)N4CCOCC4)cc3)c2)[nH]c1N1CCNCC1. The first-order valence-corrected chi connectivity index (χ1v) is 13.1. The predicted octanol–water partition coefficient (Wildman–Crippen LogP) is 2.23. The Balaban J connectivity index is 1.33. The number of aromatic amines is 1. The Labute approximate surface area is 205 Å². The molecule has 5 rings (SSSR count). The van der Waals surface area contributed by atoms with Gasteiger partial charge in [0.25, 0.3) is 0 Å². The molecule has 0 aliphatic carbocycles. The quantitative estimate of drug-likeness (QED) is 0.454. The first-order chi connectivity index (χ1) is 17.0. The molecule has 1 aromatic carbocycles. The van der Waals surface area contributed by atoms with Gasteiger partial charge in [-0.2, -0.15) is 4.31 Å². The topological polar surface area (TPSA) is 103 Å². The van der Waals surface area contributed by atoms with Crippen LogP contribution in [0.15, 0.2) is 53.6 Å². The van der Waals surface area contributed by atoms with Crippen LogP contribution >= 0.6 is 0 Å². The van der Waals surface area contributed by atoms with Gasteiger partial charge >= 0.3 is 0 Å². The van der Waals surface area contributed by atoms with Crippen molar-refractivity contribution in [3.8, 4) is 23.6 Å². The molecule has 2 fully saturated rings. The number of sulfonamides is 1. The Morgan fingerprint density at radius 3 is 2.49 bits per heavy atom. The smallest absolute Gasteiger partial charge is 0.243 e. The van der Waals surface area contributed by atoms with Gasteiger partial charge in [0.2, 0.25) is 10.0 Å². The normalized spacial score (nSPS) is 17.2. The van der Waals surface area contributed by atoms with Gasteiger partial charge in [-0.25, -0.2) is 13.4 Å². The van der Waals surface area contributed by atoms with Crippen LogP contribution in [0.4, 0.5) is 17.3 Å². The van der Waals surface area contributed by atoms with Crippen molar-refractivity contribution < 1.29 is 13.2 Å². The zero-order valence-corrected chi connectivity index (χ0v) is 20.1. The van der Waals surface area contributed by atoms with Crippen molar-refractivity contribution >= 4 is 27.3 Å². The summed E-state index contributed by atoms with van der Waals surface area (Å²) in [6, 6.07) is 12.6. The summed E-state index contributed by atoms with van der Waals surface area (Å²) in [6.45, 7) is 5.22. The number of ether oxygens (including phenoxy) is 1. The van der Waals surface area contributed by atoms with Crippen molar-refractivity contribution in [2.24, 2.45) is 0 Å². The lowest BCUT2D eigenvalue weighted by molar-refractivity contribution is 0.0730. The van der Waals surface area contributed by atoms with E-state index in [0.717, 1.165) is 54.5 Å². The van der Waals surface area contributed by atoms with Crippen molar-refractivity contribution in [1.82, 2.24) is 19.6 Å². The van der Waals surface area contributed by atoms with E-state index >= 15 is 0 Å². The summed E-state index contributed by atoms with van der Waals surface area (Å²) in [5, 5.41) is 6.61. The second-order valence-electron chi connectivity index (χ2n) is 8.42. The average molecular weight is 493 g/mol. The van der Waals surface area contributed by atoms with E-state index in [1.54, 1.807) is 30.5 Å². The monoisotopic (exact) mass is 492 g/mol. The van der Waals surface area contributed by atoms with Crippen LogP contribution in [0.25, 0.3) is 11.3 Å². The van der Waals surface area contributed by atoms with Crippen molar-refractivity contribution in [3.63, 3.8) is 0 Å². The van der Waals surface area contributed by atoms with Crippen LogP contribution in [-0.2, 0) is 14.8 Å². The highest BCUT2D eigenvalue weighted by atomic mass is 32.2. The first kappa shape index (κ1) is 23.4. The fourth-order valence-corrected chi connectivity index (χ4v) is 5.72. The lowest BCUT2D eigenvalue weighted by Crippen LogP contribution is -2.44. The summed E-state index contributed by atoms with van der Waals surface area (Å²) in [4.78, 5) is 10.4. The molecule has 2 saturated heterocycles. The maximum absolute atomic E-state index is 12.8. The molecule has 4 heterocycles. The van der Waals surface area contributed by atoms with Gasteiger partial charge in [0.1, 0.15) is 11.6 Å². The minimum Gasteiger partial charge on any atom is -0.379 e. The molecule has 2 aromatic heterocycles. The number of hydrogen-bond acceptors (Lipinski definition) is 7. The van der Waals surface area contributed by atoms with Crippen LogP contribution in [0.3, 0.4) is 0 Å². The number of H-pyrrole nitrogens is 1. The third kappa shape index (κ3) is 5.04. The van der Waals surface area contributed by atoms with Gasteiger partial charge in [0.15, 0.2) is 0 Å². The molecule has 9 nitrogen and oxygen atoms in total. The van der Waals surface area contributed by atoms with E-state index < -0.39 is 10.0 Å². The standard InChI is InChI=1S/C25H28N6O3S/c1-2-19-17-23(29-25(19)30-11-9-26-10-12-30)20-7-8-27-24(18-20)28-21-3-5-22(6-4-21)35(32,33)31-13-15-34-16-14-31/h1,3-8,17-18,26,29H,9-16H2,(H,27,28). The molecule has 0 bridgehead atoms. The molecule has 2 aliphatic heterocycles. The number of terminal acetylenes is 1. The van der Waals surface area contributed by atoms with E-state index in [9.17, 15) is 8.42 Å². The van der Waals surface area contributed by atoms with E-state index in [2.05, 4.69) is 31.4 Å². The van der Waals surface area contributed by atoms with E-state index in [4.69, 9.17) is 11.2 Å². The average Bonchev–Trinajstić information content (AvgIpc) is 3.35. The third-order valence-electron chi connectivity index (χ3n) is 6.19. The number of benzene rings is 1. The van der Waals surface area contributed by atoms with Gasteiger partial charge < -0.3 is 25.3 Å². The van der Waals surface area contributed by atoms with Crippen LogP contribution in [0.1, 0.15) is 5.56 Å². The Bertz CT molecular complexity index is 1320. The van der Waals surface area contributed by atoms with Crippen LogP contribution in [0, 0.1) is 12.3 Å². The summed E-state index contributed by atoms with van der Waals surface area (Å²) in [6.07, 6.45) is 7.51. The molecule has 0 saturated carbocycles. The Hall–Kier alpha value is -3.36. The maximum atomic E-state index is 12.8. The Kier molecular flexibility index (Phi) is 6.74. The molecule has 0 radical (unpaired) electrons. The number of piperazine rings is 1. The van der Waals surface area contributed by atoms with Crippen LogP contribution in [-0.4, -0.2) is 75.2 Å². The van der Waals surface area contributed by atoms with Crippen LogP contribution < -0.4 is 15.5 Å². The van der Waals surface area contributed by atoms with E-state index in [-0.39, 0.29) is 4.90 Å². The van der Waals surface area contributed by atoms with Crippen LogP contribution in [0.5, 0.6) is 0 Å². The van der Waals surface area contributed by atoms with Gasteiger partial charge in [-0.1, -0.05) is 5.92 Å². The Morgan fingerprint density at radius 2 is 1.77 bits per heavy atom. The molecule has 182 valence electrons. The van der Waals surface area contributed by atoms with Gasteiger partial charge in [-0.05, 0) is 42.5 Å². The Morgan fingerprint density at radius 1 is 1.03 bits per heavy atom. The summed E-state index contributed by atoms with van der Waals surface area (Å²) >= 11 is 0. The van der Waals surface area contributed by atoms with Gasteiger partial charge in [-0.15, -0.1) is 6.42 Å². The maximum Gasteiger partial charge on any atom is 0.243 e. The third-order valence-corrected chi connectivity index (χ3v) is 8.10. The summed E-state index contributed by atoms with van der Waals surface area (Å²) < 4.78 is 32.4. The summed E-state index contributed by atoms with van der Waals surface area (Å²) in [5.41, 5.74) is 3.45. The summed E-state index contributed by atoms with van der Waals surface area (Å²) in [7, 11) is -3.53. The molecular formula is C25H28N6O3S. The number of hydrogen-bond donors (Lipinski definition) is 3. The molecule has 0 spiro atoms. The number of aromatic nitrogens is 2. The van der Waals surface area contributed by atoms with Gasteiger partial charge in [0.05, 0.1) is 23.7 Å². The summed E-state index contributed by atoms with van der Waals surface area (Å²) in [5.74, 6) is 4.40. The number of pyridine rings is 1. The molecule has 0 amide bonds. The fraction of sp³-hybridized carbons (Fsp3) is 0.320. The zero-order chi connectivity index (χ0) is 24.3. The molecule has 10 heteroatoms. The van der Waals surface area contributed by atoms with Crippen LogP contribution in [0.2, 0.25) is 0 Å². The predicted molar refractivity (Wildman–Crippen MR) is 136 cm³/mol. The number of nitrogens with zero attached hydrogens (tertiary/aromatic N) is 3. The van der Waals surface area contributed by atoms with Crippen molar-refractivity contribution in [2.45, 2.75) is 4.90 Å². The molecule has 35 heavy (non-hydrogen) atoms. The number of rotatable bonds is 6. The second kappa shape index (κ2) is 10.1. The minimum atomic E-state index is -3.53. The zero-order valence-electron chi connectivity index (χ0n) is 19.3. The van der Waals surface area contributed by atoms with E-state index in [0.29, 0.717) is 32.1 Å². The van der Waals surface area contributed by atoms with Crippen molar-refractivity contribution in [2.75, 3.05) is 62.7 Å². The first-order valence-electron chi connectivity index (χ1n) is 11.6. The highest BCUT2D eigenvalue weighted by Gasteiger charge is 2.26. The number of anilines is 3. The number of morpholine rings is 1. The molecule has 3 aromatic rings. The van der Waals surface area contributed by atoms with Gasteiger partial charge in [0, 0.05) is 62.4 Å². The molecule has 0 unspecified atom stereocenters. The molecular weight excluding hydrogens is 464 g/mol. The second-order valence-corrected chi connectivity index (χ2v) is 10.4. The molecule has 3 N–H and O–H groups in total. The lowest BCUT2D eigenvalue weighted by Gasteiger charge is -2.28.